The molecule has 1 fully saturated rings. The van der Waals surface area contributed by atoms with Crippen molar-refractivity contribution in [3.05, 3.63) is 18.7 Å². The van der Waals surface area contributed by atoms with Crippen molar-refractivity contribution < 1.29 is 4.79 Å². The number of nitrogens with zero attached hydrogens (tertiary/aromatic N) is 3. The van der Waals surface area contributed by atoms with Crippen molar-refractivity contribution in [1.29, 1.82) is 0 Å². The predicted octanol–water partition coefficient (Wildman–Crippen LogP) is 0.646. The van der Waals surface area contributed by atoms with E-state index in [0.717, 1.165) is 18.7 Å². The number of aromatic nitrogens is 2. The lowest BCUT2D eigenvalue weighted by Gasteiger charge is -2.26. The highest BCUT2D eigenvalue weighted by atomic mass is 16.1. The SMILES string of the molecule is O=C1CCCN(c2cncnc2)C1. The normalized spacial score (nSPS) is 17.5. The lowest BCUT2D eigenvalue weighted by atomic mass is 10.1. The van der Waals surface area contributed by atoms with E-state index in [2.05, 4.69) is 9.97 Å². The fourth-order valence-corrected chi connectivity index (χ4v) is 1.51. The molecule has 2 heterocycles. The average Bonchev–Trinajstić information content (AvgIpc) is 2.19. The van der Waals surface area contributed by atoms with Crippen molar-refractivity contribution >= 4 is 11.5 Å². The van der Waals surface area contributed by atoms with Gasteiger partial charge in [0.2, 0.25) is 0 Å². The molecule has 1 saturated heterocycles. The summed E-state index contributed by atoms with van der Waals surface area (Å²) in [7, 11) is 0. The highest BCUT2D eigenvalue weighted by Crippen LogP contribution is 2.15. The van der Waals surface area contributed by atoms with E-state index in [-0.39, 0.29) is 0 Å². The van der Waals surface area contributed by atoms with Gasteiger partial charge >= 0.3 is 0 Å². The van der Waals surface area contributed by atoms with E-state index in [1.807, 2.05) is 4.90 Å². The summed E-state index contributed by atoms with van der Waals surface area (Å²) in [6.45, 7) is 1.44. The van der Waals surface area contributed by atoms with Crippen LogP contribution in [0.1, 0.15) is 12.8 Å². The number of hydrogen-bond acceptors (Lipinski definition) is 4. The molecule has 0 atom stereocenters. The average molecular weight is 177 g/mol. The molecule has 0 spiro atoms. The predicted molar refractivity (Wildman–Crippen MR) is 48.5 cm³/mol. The summed E-state index contributed by atoms with van der Waals surface area (Å²) < 4.78 is 0. The Morgan fingerprint density at radius 3 is 2.77 bits per heavy atom. The summed E-state index contributed by atoms with van der Waals surface area (Å²) in [5.74, 6) is 0.301. The first-order valence-electron chi connectivity index (χ1n) is 4.38. The number of hydrogen-bond donors (Lipinski definition) is 0. The van der Waals surface area contributed by atoms with Gasteiger partial charge in [-0.1, -0.05) is 0 Å². The number of carbonyl (C=O) groups excluding carboxylic acids is 1. The van der Waals surface area contributed by atoms with Crippen LogP contribution in [0.15, 0.2) is 18.7 Å². The van der Waals surface area contributed by atoms with Crippen molar-refractivity contribution in [3.8, 4) is 0 Å². The first kappa shape index (κ1) is 8.16. The van der Waals surface area contributed by atoms with Gasteiger partial charge in [-0.05, 0) is 6.42 Å². The Balaban J connectivity index is 2.13. The van der Waals surface area contributed by atoms with Gasteiger partial charge in [0.05, 0.1) is 24.6 Å². The number of piperidine rings is 1. The molecule has 0 saturated carbocycles. The van der Waals surface area contributed by atoms with E-state index in [4.69, 9.17) is 0 Å². The van der Waals surface area contributed by atoms with Gasteiger partial charge in [0, 0.05) is 13.0 Å². The number of anilines is 1. The van der Waals surface area contributed by atoms with Crippen molar-refractivity contribution in [3.63, 3.8) is 0 Å². The molecule has 13 heavy (non-hydrogen) atoms. The molecule has 1 aromatic rings. The van der Waals surface area contributed by atoms with Gasteiger partial charge in [0.1, 0.15) is 6.33 Å². The molecule has 68 valence electrons. The third-order valence-electron chi connectivity index (χ3n) is 2.16. The van der Waals surface area contributed by atoms with Crippen LogP contribution in [-0.2, 0) is 4.79 Å². The van der Waals surface area contributed by atoms with Crippen molar-refractivity contribution in [2.24, 2.45) is 0 Å². The molecule has 1 aromatic heterocycles. The molecule has 0 N–H and O–H groups in total. The van der Waals surface area contributed by atoms with Gasteiger partial charge in [-0.25, -0.2) is 9.97 Å². The summed E-state index contributed by atoms with van der Waals surface area (Å²) in [5, 5.41) is 0. The zero-order valence-corrected chi connectivity index (χ0v) is 7.31. The van der Waals surface area contributed by atoms with Gasteiger partial charge in [-0.2, -0.15) is 0 Å². The Morgan fingerprint density at radius 2 is 2.08 bits per heavy atom. The zero-order chi connectivity index (χ0) is 9.10. The van der Waals surface area contributed by atoms with Gasteiger partial charge in [-0.15, -0.1) is 0 Å². The lowest BCUT2D eigenvalue weighted by molar-refractivity contribution is -0.118. The quantitative estimate of drug-likeness (QED) is 0.631. The van der Waals surface area contributed by atoms with E-state index in [1.165, 1.54) is 6.33 Å². The molecule has 0 bridgehead atoms. The monoisotopic (exact) mass is 177 g/mol. The molecule has 2 rings (SSSR count). The van der Waals surface area contributed by atoms with Crippen LogP contribution in [-0.4, -0.2) is 28.8 Å². The van der Waals surface area contributed by atoms with Crippen LogP contribution in [0.3, 0.4) is 0 Å². The van der Waals surface area contributed by atoms with Crippen LogP contribution >= 0.6 is 0 Å². The van der Waals surface area contributed by atoms with Crippen molar-refractivity contribution in [2.45, 2.75) is 12.8 Å². The number of ketones is 1. The minimum absolute atomic E-state index is 0.301. The molecule has 0 aromatic carbocycles. The smallest absolute Gasteiger partial charge is 0.152 e. The number of rotatable bonds is 1. The maximum absolute atomic E-state index is 11.2. The third kappa shape index (κ3) is 1.83. The van der Waals surface area contributed by atoms with Crippen molar-refractivity contribution in [1.82, 2.24) is 9.97 Å². The fraction of sp³-hybridized carbons (Fsp3) is 0.444. The molecule has 4 heteroatoms. The molecule has 1 aliphatic rings. The van der Waals surface area contributed by atoms with Crippen LogP contribution in [0, 0.1) is 0 Å². The first-order valence-corrected chi connectivity index (χ1v) is 4.38. The highest BCUT2D eigenvalue weighted by molar-refractivity contribution is 5.84. The minimum Gasteiger partial charge on any atom is -0.362 e. The fourth-order valence-electron chi connectivity index (χ4n) is 1.51. The highest BCUT2D eigenvalue weighted by Gasteiger charge is 2.16. The van der Waals surface area contributed by atoms with Gasteiger partial charge in [-0.3, -0.25) is 4.79 Å². The molecular weight excluding hydrogens is 166 g/mol. The van der Waals surface area contributed by atoms with Gasteiger partial charge in [0.15, 0.2) is 5.78 Å². The first-order chi connectivity index (χ1) is 6.36. The Kier molecular flexibility index (Phi) is 2.21. The Hall–Kier alpha value is -1.45. The summed E-state index contributed by atoms with van der Waals surface area (Å²) in [4.78, 5) is 21.0. The third-order valence-corrected chi connectivity index (χ3v) is 2.16. The van der Waals surface area contributed by atoms with Crippen LogP contribution in [0.5, 0.6) is 0 Å². The Bertz CT molecular complexity index is 299. The second-order valence-corrected chi connectivity index (χ2v) is 3.16. The van der Waals surface area contributed by atoms with Gasteiger partial charge in [0.25, 0.3) is 0 Å². The lowest BCUT2D eigenvalue weighted by Crippen LogP contribution is -2.35. The summed E-state index contributed by atoms with van der Waals surface area (Å²) in [6.07, 6.45) is 6.63. The van der Waals surface area contributed by atoms with Crippen LogP contribution < -0.4 is 4.90 Å². The minimum atomic E-state index is 0.301. The molecule has 4 nitrogen and oxygen atoms in total. The molecule has 0 radical (unpaired) electrons. The molecule has 0 amide bonds. The maximum Gasteiger partial charge on any atom is 0.152 e. The summed E-state index contributed by atoms with van der Waals surface area (Å²) >= 11 is 0. The largest absolute Gasteiger partial charge is 0.362 e. The molecule has 0 aliphatic carbocycles. The summed E-state index contributed by atoms with van der Waals surface area (Å²) in [5.41, 5.74) is 0.940. The second kappa shape index (κ2) is 3.51. The zero-order valence-electron chi connectivity index (χ0n) is 7.31. The molecule has 0 unspecified atom stereocenters. The molecular formula is C9H11N3O. The van der Waals surface area contributed by atoms with E-state index in [9.17, 15) is 4.79 Å². The van der Waals surface area contributed by atoms with Crippen LogP contribution in [0.25, 0.3) is 0 Å². The van der Waals surface area contributed by atoms with Crippen LogP contribution in [0.4, 0.5) is 5.69 Å². The topological polar surface area (TPSA) is 46.1 Å². The van der Waals surface area contributed by atoms with E-state index in [0.29, 0.717) is 18.7 Å². The van der Waals surface area contributed by atoms with E-state index in [1.54, 1.807) is 12.4 Å². The number of carbonyl (C=O) groups is 1. The summed E-state index contributed by atoms with van der Waals surface area (Å²) in [6, 6.07) is 0. The van der Waals surface area contributed by atoms with E-state index < -0.39 is 0 Å². The second-order valence-electron chi connectivity index (χ2n) is 3.16. The number of Topliss-reactive ketones (excluding diaryl/α,β-unsaturated/α-hetero) is 1. The maximum atomic E-state index is 11.2. The Morgan fingerprint density at radius 1 is 1.31 bits per heavy atom. The standard InChI is InChI=1S/C9H11N3O/c13-9-2-1-3-12(6-9)8-4-10-7-11-5-8/h4-5,7H,1-3,6H2. The Labute approximate surface area is 76.6 Å². The van der Waals surface area contributed by atoms with Crippen LogP contribution in [0.2, 0.25) is 0 Å². The van der Waals surface area contributed by atoms with Crippen molar-refractivity contribution in [2.75, 3.05) is 18.0 Å². The molecule has 1 aliphatic heterocycles. The van der Waals surface area contributed by atoms with Gasteiger partial charge < -0.3 is 4.90 Å². The van der Waals surface area contributed by atoms with E-state index >= 15 is 0 Å².